The summed E-state index contributed by atoms with van der Waals surface area (Å²) in [5, 5.41) is 4.11. The lowest BCUT2D eigenvalue weighted by Crippen LogP contribution is -2.37. The van der Waals surface area contributed by atoms with Crippen molar-refractivity contribution >= 4 is 5.91 Å². The molecule has 4 rings (SSSR count). The molecule has 1 amide bonds. The summed E-state index contributed by atoms with van der Waals surface area (Å²) in [7, 11) is 1.59. The highest BCUT2D eigenvalue weighted by molar-refractivity contribution is 5.91. The second kappa shape index (κ2) is 7.71. The SMILES string of the molecule is COCc1ccc(C(=O)N2CCC(c3noc(-c4ccccn4)n3)CC2)o1. The van der Waals surface area contributed by atoms with E-state index in [1.54, 1.807) is 30.3 Å². The summed E-state index contributed by atoms with van der Waals surface area (Å²) in [5.74, 6) is 2.14. The van der Waals surface area contributed by atoms with Gasteiger partial charge in [0.05, 0.1) is 0 Å². The Morgan fingerprint density at radius 1 is 1.26 bits per heavy atom. The van der Waals surface area contributed by atoms with Gasteiger partial charge in [0.2, 0.25) is 0 Å². The van der Waals surface area contributed by atoms with E-state index in [9.17, 15) is 4.79 Å². The quantitative estimate of drug-likeness (QED) is 0.683. The molecule has 4 heterocycles. The first-order valence-electron chi connectivity index (χ1n) is 8.86. The number of hydrogen-bond acceptors (Lipinski definition) is 7. The number of hydrogen-bond donors (Lipinski definition) is 0. The van der Waals surface area contributed by atoms with E-state index in [1.807, 2.05) is 18.2 Å². The minimum Gasteiger partial charge on any atom is -0.453 e. The van der Waals surface area contributed by atoms with Gasteiger partial charge in [-0.05, 0) is 37.1 Å². The largest absolute Gasteiger partial charge is 0.453 e. The molecule has 0 unspecified atom stereocenters. The molecule has 27 heavy (non-hydrogen) atoms. The highest BCUT2D eigenvalue weighted by Crippen LogP contribution is 2.28. The number of aromatic nitrogens is 3. The number of carbonyl (C=O) groups is 1. The minimum absolute atomic E-state index is 0.0990. The minimum atomic E-state index is -0.0990. The number of rotatable bonds is 5. The van der Waals surface area contributed by atoms with Crippen molar-refractivity contribution < 1.29 is 18.5 Å². The molecule has 0 aliphatic carbocycles. The Morgan fingerprint density at radius 2 is 2.11 bits per heavy atom. The summed E-state index contributed by atoms with van der Waals surface area (Å²) < 4.78 is 15.9. The fraction of sp³-hybridized carbons (Fsp3) is 0.368. The second-order valence-corrected chi connectivity index (χ2v) is 6.44. The Hall–Kier alpha value is -3.00. The third-order valence-corrected chi connectivity index (χ3v) is 4.63. The zero-order chi connectivity index (χ0) is 18.6. The molecule has 0 spiro atoms. The van der Waals surface area contributed by atoms with Gasteiger partial charge in [-0.15, -0.1) is 0 Å². The van der Waals surface area contributed by atoms with Crippen LogP contribution in [-0.4, -0.2) is 46.1 Å². The molecule has 1 aliphatic heterocycles. The van der Waals surface area contributed by atoms with E-state index in [2.05, 4.69) is 15.1 Å². The normalized spacial score (nSPS) is 15.2. The smallest absolute Gasteiger partial charge is 0.289 e. The lowest BCUT2D eigenvalue weighted by molar-refractivity contribution is 0.0671. The van der Waals surface area contributed by atoms with E-state index in [0.29, 0.717) is 48.6 Å². The summed E-state index contributed by atoms with van der Waals surface area (Å²) in [6.45, 7) is 1.60. The average Bonchev–Trinajstić information content (AvgIpc) is 3.39. The van der Waals surface area contributed by atoms with Crippen LogP contribution in [-0.2, 0) is 11.3 Å². The van der Waals surface area contributed by atoms with Gasteiger partial charge >= 0.3 is 0 Å². The highest BCUT2D eigenvalue weighted by Gasteiger charge is 2.29. The lowest BCUT2D eigenvalue weighted by atomic mass is 9.96. The maximum atomic E-state index is 12.6. The molecule has 8 heteroatoms. The van der Waals surface area contributed by atoms with Crippen molar-refractivity contribution in [3.8, 4) is 11.6 Å². The molecule has 0 N–H and O–H groups in total. The monoisotopic (exact) mass is 368 g/mol. The van der Waals surface area contributed by atoms with Crippen molar-refractivity contribution in [3.05, 3.63) is 53.9 Å². The third-order valence-electron chi connectivity index (χ3n) is 4.63. The van der Waals surface area contributed by atoms with Crippen LogP contribution in [0.5, 0.6) is 0 Å². The maximum absolute atomic E-state index is 12.6. The van der Waals surface area contributed by atoms with Crippen molar-refractivity contribution in [3.63, 3.8) is 0 Å². The molecule has 3 aromatic heterocycles. The van der Waals surface area contributed by atoms with Gasteiger partial charge in [-0.25, -0.2) is 0 Å². The lowest BCUT2D eigenvalue weighted by Gasteiger charge is -2.29. The van der Waals surface area contributed by atoms with Gasteiger partial charge in [0.25, 0.3) is 11.8 Å². The fourth-order valence-corrected chi connectivity index (χ4v) is 3.20. The molecule has 8 nitrogen and oxygen atoms in total. The number of amides is 1. The molecule has 0 radical (unpaired) electrons. The van der Waals surface area contributed by atoms with Crippen LogP contribution in [0.2, 0.25) is 0 Å². The number of pyridine rings is 1. The zero-order valence-corrected chi connectivity index (χ0v) is 15.0. The molecule has 1 aliphatic rings. The van der Waals surface area contributed by atoms with E-state index < -0.39 is 0 Å². The van der Waals surface area contributed by atoms with Gasteiger partial charge in [-0.2, -0.15) is 4.98 Å². The highest BCUT2D eigenvalue weighted by atomic mass is 16.5. The average molecular weight is 368 g/mol. The Labute approximate surface area is 156 Å². The fourth-order valence-electron chi connectivity index (χ4n) is 3.20. The predicted molar refractivity (Wildman–Crippen MR) is 94.8 cm³/mol. The van der Waals surface area contributed by atoms with Crippen molar-refractivity contribution in [2.45, 2.75) is 25.4 Å². The molecular weight excluding hydrogens is 348 g/mol. The van der Waals surface area contributed by atoms with E-state index in [4.69, 9.17) is 13.7 Å². The molecule has 0 aromatic carbocycles. The van der Waals surface area contributed by atoms with Crippen molar-refractivity contribution in [1.82, 2.24) is 20.0 Å². The van der Waals surface area contributed by atoms with E-state index in [-0.39, 0.29) is 11.8 Å². The summed E-state index contributed by atoms with van der Waals surface area (Å²) >= 11 is 0. The first kappa shape index (κ1) is 17.4. The van der Waals surface area contributed by atoms with E-state index in [0.717, 1.165) is 12.8 Å². The number of carbonyl (C=O) groups excluding carboxylic acids is 1. The standard InChI is InChI=1S/C19H20N4O4/c1-25-12-14-5-6-16(26-14)19(24)23-10-7-13(8-11-23)17-21-18(27-22-17)15-4-2-3-9-20-15/h2-6,9,13H,7-8,10-12H2,1H3. The topological polar surface area (TPSA) is 94.5 Å². The Balaban J connectivity index is 1.37. The van der Waals surface area contributed by atoms with Gasteiger partial charge in [0.15, 0.2) is 11.6 Å². The molecule has 0 bridgehead atoms. The van der Waals surface area contributed by atoms with Crippen molar-refractivity contribution in [2.24, 2.45) is 0 Å². The number of piperidine rings is 1. The van der Waals surface area contributed by atoms with E-state index in [1.165, 1.54) is 0 Å². The van der Waals surface area contributed by atoms with Crippen LogP contribution in [0, 0.1) is 0 Å². The maximum Gasteiger partial charge on any atom is 0.289 e. The number of furan rings is 1. The zero-order valence-electron chi connectivity index (χ0n) is 15.0. The number of methoxy groups -OCH3 is 1. The van der Waals surface area contributed by atoms with Crippen LogP contribution in [0.15, 0.2) is 45.5 Å². The van der Waals surface area contributed by atoms with Gasteiger partial charge in [0, 0.05) is 32.3 Å². The van der Waals surface area contributed by atoms with Gasteiger partial charge in [-0.3, -0.25) is 9.78 Å². The van der Waals surface area contributed by atoms with Crippen LogP contribution < -0.4 is 0 Å². The van der Waals surface area contributed by atoms with Gasteiger partial charge in [-0.1, -0.05) is 11.2 Å². The second-order valence-electron chi connectivity index (χ2n) is 6.44. The van der Waals surface area contributed by atoms with Gasteiger partial charge in [0.1, 0.15) is 18.1 Å². The molecular formula is C19H20N4O4. The van der Waals surface area contributed by atoms with Crippen molar-refractivity contribution in [2.75, 3.05) is 20.2 Å². The molecule has 3 aromatic rings. The summed E-state index contributed by atoms with van der Waals surface area (Å²) in [4.78, 5) is 23.1. The van der Waals surface area contributed by atoms with Crippen LogP contribution in [0.4, 0.5) is 0 Å². The number of likely N-dealkylation sites (tertiary alicyclic amines) is 1. The number of nitrogens with zero attached hydrogens (tertiary/aromatic N) is 4. The molecule has 1 fully saturated rings. The van der Waals surface area contributed by atoms with E-state index >= 15 is 0 Å². The molecule has 0 saturated carbocycles. The molecule has 140 valence electrons. The van der Waals surface area contributed by atoms with Crippen LogP contribution in [0.1, 0.15) is 40.9 Å². The third kappa shape index (κ3) is 3.75. The van der Waals surface area contributed by atoms with Crippen LogP contribution >= 0.6 is 0 Å². The Bertz CT molecular complexity index is 897. The van der Waals surface area contributed by atoms with Crippen LogP contribution in [0.25, 0.3) is 11.6 Å². The predicted octanol–water partition coefficient (Wildman–Crippen LogP) is 2.89. The number of ether oxygens (including phenoxy) is 1. The van der Waals surface area contributed by atoms with Crippen LogP contribution in [0.3, 0.4) is 0 Å². The molecule has 1 saturated heterocycles. The Kier molecular flexibility index (Phi) is 4.97. The summed E-state index contributed by atoms with van der Waals surface area (Å²) in [6, 6.07) is 9.01. The first-order valence-corrected chi connectivity index (χ1v) is 8.86. The Morgan fingerprint density at radius 3 is 2.85 bits per heavy atom. The molecule has 0 atom stereocenters. The van der Waals surface area contributed by atoms with Gasteiger partial charge < -0.3 is 18.6 Å². The first-order chi connectivity index (χ1) is 13.2. The summed E-state index contributed by atoms with van der Waals surface area (Å²) in [6.07, 6.45) is 3.24. The summed E-state index contributed by atoms with van der Waals surface area (Å²) in [5.41, 5.74) is 0.661. The van der Waals surface area contributed by atoms with Crippen molar-refractivity contribution in [1.29, 1.82) is 0 Å².